The molecule has 2 aliphatic rings. The van der Waals surface area contributed by atoms with Gasteiger partial charge in [-0.15, -0.1) is 11.8 Å². The molecule has 6 heteroatoms. The lowest BCUT2D eigenvalue weighted by atomic mass is 10.0. The molecule has 0 aliphatic carbocycles. The van der Waals surface area contributed by atoms with Gasteiger partial charge in [0.25, 0.3) is 5.91 Å². The molecular weight excluding hydrogens is 300 g/mol. The summed E-state index contributed by atoms with van der Waals surface area (Å²) in [6.45, 7) is 3.36. The lowest BCUT2D eigenvalue weighted by molar-refractivity contribution is -0.143. The summed E-state index contributed by atoms with van der Waals surface area (Å²) in [7, 11) is 0. The lowest BCUT2D eigenvalue weighted by Gasteiger charge is -2.48. The fraction of sp³-hybridized carbons (Fsp3) is 0.312. The summed E-state index contributed by atoms with van der Waals surface area (Å²) in [4.78, 5) is 29.9. The minimum absolute atomic E-state index is 0.0840. The minimum atomic E-state index is -0.493. The molecule has 5 nitrogen and oxygen atoms in total. The van der Waals surface area contributed by atoms with E-state index >= 15 is 0 Å². The highest BCUT2D eigenvalue weighted by Crippen LogP contribution is 2.41. The number of ketones is 1. The molecule has 2 heterocycles. The Morgan fingerprint density at radius 3 is 2.86 bits per heavy atom. The van der Waals surface area contributed by atoms with Gasteiger partial charge in [-0.25, -0.2) is 0 Å². The number of hydrogen-bond acceptors (Lipinski definition) is 5. The minimum Gasteiger partial charge on any atom is -0.507 e. The zero-order valence-electron chi connectivity index (χ0n) is 12.3. The highest BCUT2D eigenvalue weighted by molar-refractivity contribution is 8.00. The number of hydrogen-bond donors (Lipinski definition) is 1. The summed E-state index contributed by atoms with van der Waals surface area (Å²) in [5.74, 6) is 0.616. The molecule has 2 atom stereocenters. The van der Waals surface area contributed by atoms with Crippen molar-refractivity contribution < 1.29 is 14.7 Å². The first kappa shape index (κ1) is 14.8. The molecule has 1 aromatic carbocycles. The fourth-order valence-electron chi connectivity index (χ4n) is 2.70. The summed E-state index contributed by atoms with van der Waals surface area (Å²) >= 11 is 1.61. The molecule has 114 valence electrons. The first-order chi connectivity index (χ1) is 10.5. The highest BCUT2D eigenvalue weighted by atomic mass is 32.2. The number of allylic oxidation sites excluding steroid dienone is 1. The normalized spacial score (nSPS) is 24.5. The van der Waals surface area contributed by atoms with Crippen LogP contribution in [-0.2, 0) is 9.59 Å². The van der Waals surface area contributed by atoms with Gasteiger partial charge in [-0.1, -0.05) is 12.1 Å². The van der Waals surface area contributed by atoms with Gasteiger partial charge in [0.1, 0.15) is 11.1 Å². The standard InChI is InChI=1S/C16H16N2O3S/c1-9-8-22-16-13(15(21)18(16)14(9)10(2)19)17-7-11-5-3-4-6-12(11)20/h3-7,13,16,20H,8H2,1-2H3/b17-7-/t13-,16-/m1/s1. The maximum Gasteiger partial charge on any atom is 0.256 e. The van der Waals surface area contributed by atoms with Crippen molar-refractivity contribution in [3.63, 3.8) is 0 Å². The van der Waals surface area contributed by atoms with Crippen LogP contribution < -0.4 is 0 Å². The van der Waals surface area contributed by atoms with Gasteiger partial charge in [0.05, 0.1) is 5.70 Å². The molecular formula is C16H16N2O3S. The van der Waals surface area contributed by atoms with Crippen LogP contribution in [0.2, 0.25) is 0 Å². The molecule has 1 amide bonds. The second-order valence-electron chi connectivity index (χ2n) is 5.38. The molecule has 1 saturated heterocycles. The van der Waals surface area contributed by atoms with Crippen LogP contribution in [-0.4, -0.2) is 45.1 Å². The number of fused-ring (bicyclic) bond motifs is 1. The number of aliphatic imine (C=N–C) groups is 1. The van der Waals surface area contributed by atoms with E-state index in [1.807, 2.05) is 6.92 Å². The summed E-state index contributed by atoms with van der Waals surface area (Å²) < 4.78 is 0. The number of aromatic hydroxyl groups is 1. The molecule has 1 fully saturated rings. The van der Waals surface area contributed by atoms with Crippen LogP contribution in [0.3, 0.4) is 0 Å². The number of carbonyl (C=O) groups is 2. The molecule has 0 saturated carbocycles. The van der Waals surface area contributed by atoms with E-state index in [1.54, 1.807) is 40.9 Å². The second-order valence-corrected chi connectivity index (χ2v) is 6.48. The molecule has 22 heavy (non-hydrogen) atoms. The van der Waals surface area contributed by atoms with Crippen molar-refractivity contribution in [1.29, 1.82) is 0 Å². The van der Waals surface area contributed by atoms with Crippen molar-refractivity contribution in [2.45, 2.75) is 25.3 Å². The van der Waals surface area contributed by atoms with Crippen LogP contribution in [0.1, 0.15) is 19.4 Å². The Bertz CT molecular complexity index is 711. The summed E-state index contributed by atoms with van der Waals surface area (Å²) in [6.07, 6.45) is 1.52. The van der Waals surface area contributed by atoms with Crippen LogP contribution in [0.5, 0.6) is 5.75 Å². The third-order valence-corrected chi connectivity index (χ3v) is 5.19. The van der Waals surface area contributed by atoms with Crippen LogP contribution in [0.15, 0.2) is 40.5 Å². The van der Waals surface area contributed by atoms with E-state index in [9.17, 15) is 14.7 Å². The molecule has 0 radical (unpaired) electrons. The third kappa shape index (κ3) is 2.33. The Labute approximate surface area is 132 Å². The van der Waals surface area contributed by atoms with Gasteiger partial charge in [-0.3, -0.25) is 19.5 Å². The number of Topliss-reactive ketones (excluding diaryl/α,β-unsaturated/α-hetero) is 1. The predicted molar refractivity (Wildman–Crippen MR) is 86.0 cm³/mol. The quantitative estimate of drug-likeness (QED) is 0.683. The van der Waals surface area contributed by atoms with E-state index in [4.69, 9.17) is 0 Å². The molecule has 3 rings (SSSR count). The molecule has 0 bridgehead atoms. The fourth-order valence-corrected chi connectivity index (χ4v) is 3.99. The third-order valence-electron chi connectivity index (χ3n) is 3.78. The molecule has 0 unspecified atom stereocenters. The SMILES string of the molecule is CC(=O)C1=C(C)CS[C@@H]2[C@H](/N=C\c3ccccc3O)C(=O)N12. The maximum absolute atomic E-state index is 12.3. The number of phenolic OH excluding ortho intramolecular Hbond substituents is 1. The number of thioether (sulfide) groups is 1. The number of nitrogens with zero attached hydrogens (tertiary/aromatic N) is 2. The second kappa shape index (κ2) is 5.61. The van der Waals surface area contributed by atoms with Crippen molar-refractivity contribution in [3.8, 4) is 5.75 Å². The number of benzene rings is 1. The number of β-lactam (4-membered cyclic amide) rings is 1. The van der Waals surface area contributed by atoms with E-state index in [-0.39, 0.29) is 22.8 Å². The Morgan fingerprint density at radius 2 is 2.18 bits per heavy atom. The van der Waals surface area contributed by atoms with E-state index < -0.39 is 6.04 Å². The Morgan fingerprint density at radius 1 is 1.45 bits per heavy atom. The van der Waals surface area contributed by atoms with Crippen LogP contribution >= 0.6 is 11.8 Å². The topological polar surface area (TPSA) is 70.0 Å². The predicted octanol–water partition coefficient (Wildman–Crippen LogP) is 1.96. The zero-order chi connectivity index (χ0) is 15.9. The first-order valence-corrected chi connectivity index (χ1v) is 8.02. The van der Waals surface area contributed by atoms with Crippen molar-refractivity contribution in [1.82, 2.24) is 4.90 Å². The van der Waals surface area contributed by atoms with Crippen LogP contribution in [0.25, 0.3) is 0 Å². The number of phenols is 1. The van der Waals surface area contributed by atoms with E-state index in [2.05, 4.69) is 4.99 Å². The number of amides is 1. The average Bonchev–Trinajstić information content (AvgIpc) is 2.49. The van der Waals surface area contributed by atoms with Gasteiger partial charge >= 0.3 is 0 Å². The van der Waals surface area contributed by atoms with Gasteiger partial charge < -0.3 is 5.11 Å². The van der Waals surface area contributed by atoms with Gasteiger partial charge in [0, 0.05) is 24.5 Å². The lowest BCUT2D eigenvalue weighted by Crippen LogP contribution is -2.63. The van der Waals surface area contributed by atoms with E-state index in [0.29, 0.717) is 11.3 Å². The number of para-hydroxylation sites is 1. The van der Waals surface area contributed by atoms with Gasteiger partial charge in [0.15, 0.2) is 11.8 Å². The van der Waals surface area contributed by atoms with Gasteiger partial charge in [-0.05, 0) is 24.6 Å². The maximum atomic E-state index is 12.3. The van der Waals surface area contributed by atoms with Crippen molar-refractivity contribution in [2.24, 2.45) is 4.99 Å². The largest absolute Gasteiger partial charge is 0.507 e. The smallest absolute Gasteiger partial charge is 0.256 e. The van der Waals surface area contributed by atoms with Crippen LogP contribution in [0, 0.1) is 0 Å². The summed E-state index contributed by atoms with van der Waals surface area (Å²) in [5.41, 5.74) is 2.03. The van der Waals surface area contributed by atoms with Crippen molar-refractivity contribution >= 4 is 29.7 Å². The average molecular weight is 316 g/mol. The summed E-state index contributed by atoms with van der Waals surface area (Å²) in [5, 5.41) is 9.59. The summed E-state index contributed by atoms with van der Waals surface area (Å²) in [6, 6.07) is 6.34. The van der Waals surface area contributed by atoms with Gasteiger partial charge in [-0.2, -0.15) is 0 Å². The van der Waals surface area contributed by atoms with Crippen molar-refractivity contribution in [2.75, 3.05) is 5.75 Å². The van der Waals surface area contributed by atoms with Gasteiger partial charge in [0.2, 0.25) is 0 Å². The number of carbonyl (C=O) groups excluding carboxylic acids is 2. The molecule has 0 aromatic heterocycles. The van der Waals surface area contributed by atoms with E-state index in [1.165, 1.54) is 13.1 Å². The zero-order valence-corrected chi connectivity index (χ0v) is 13.1. The Balaban J connectivity index is 1.82. The molecule has 2 aliphatic heterocycles. The number of rotatable bonds is 3. The molecule has 0 spiro atoms. The Hall–Kier alpha value is -2.08. The van der Waals surface area contributed by atoms with Crippen LogP contribution in [0.4, 0.5) is 0 Å². The van der Waals surface area contributed by atoms with E-state index in [0.717, 1.165) is 11.3 Å². The molecule has 1 N–H and O–H groups in total. The first-order valence-electron chi connectivity index (χ1n) is 6.97. The monoisotopic (exact) mass is 316 g/mol. The Kier molecular flexibility index (Phi) is 3.78. The van der Waals surface area contributed by atoms with Crippen molar-refractivity contribution in [3.05, 3.63) is 41.1 Å². The molecule has 1 aromatic rings. The highest BCUT2D eigenvalue weighted by Gasteiger charge is 2.52.